The van der Waals surface area contributed by atoms with Gasteiger partial charge in [0, 0.05) is 26.3 Å². The lowest BCUT2D eigenvalue weighted by Gasteiger charge is -2.32. The van der Waals surface area contributed by atoms with Crippen molar-refractivity contribution in [2.75, 3.05) is 46.1 Å². The maximum atomic E-state index is 9.09. The summed E-state index contributed by atoms with van der Waals surface area (Å²) in [6, 6.07) is 0. The lowest BCUT2D eigenvalue weighted by molar-refractivity contribution is -0.0530. The van der Waals surface area contributed by atoms with Crippen LogP contribution in [0.5, 0.6) is 0 Å². The van der Waals surface area contributed by atoms with Crippen LogP contribution in [0.25, 0.3) is 0 Å². The van der Waals surface area contributed by atoms with Gasteiger partial charge in [0.1, 0.15) is 0 Å². The molecular formula is C14H27NO3. The van der Waals surface area contributed by atoms with Gasteiger partial charge in [-0.1, -0.05) is 12.8 Å². The van der Waals surface area contributed by atoms with Crippen molar-refractivity contribution >= 4 is 0 Å². The van der Waals surface area contributed by atoms with Gasteiger partial charge >= 0.3 is 0 Å². The predicted molar refractivity (Wildman–Crippen MR) is 70.7 cm³/mol. The summed E-state index contributed by atoms with van der Waals surface area (Å²) in [4.78, 5) is 2.42. The minimum absolute atomic E-state index is 0.0363. The van der Waals surface area contributed by atoms with Crippen molar-refractivity contribution in [3.8, 4) is 0 Å². The Labute approximate surface area is 110 Å². The third-order valence-electron chi connectivity index (χ3n) is 4.10. The Morgan fingerprint density at radius 2 is 1.94 bits per heavy atom. The molecule has 1 unspecified atom stereocenters. The van der Waals surface area contributed by atoms with E-state index in [1.807, 2.05) is 0 Å². The van der Waals surface area contributed by atoms with Gasteiger partial charge in [-0.25, -0.2) is 0 Å². The number of nitrogens with zero attached hydrogens (tertiary/aromatic N) is 1. The van der Waals surface area contributed by atoms with Gasteiger partial charge in [0.05, 0.1) is 19.3 Å². The van der Waals surface area contributed by atoms with E-state index >= 15 is 0 Å². The molecule has 0 amide bonds. The number of morpholine rings is 1. The van der Waals surface area contributed by atoms with Crippen LogP contribution in [-0.2, 0) is 9.47 Å². The summed E-state index contributed by atoms with van der Waals surface area (Å²) in [5.41, 5.74) is 0. The third-order valence-corrected chi connectivity index (χ3v) is 4.10. The minimum atomic E-state index is 0.0363. The monoisotopic (exact) mass is 257 g/mol. The first-order valence-corrected chi connectivity index (χ1v) is 7.41. The van der Waals surface area contributed by atoms with Crippen LogP contribution >= 0.6 is 0 Å². The third kappa shape index (κ3) is 4.84. The van der Waals surface area contributed by atoms with Crippen LogP contribution in [0, 0.1) is 5.92 Å². The van der Waals surface area contributed by atoms with Gasteiger partial charge in [-0.2, -0.15) is 0 Å². The fourth-order valence-corrected chi connectivity index (χ4v) is 2.90. The molecule has 2 rings (SSSR count). The molecule has 0 bridgehead atoms. The van der Waals surface area contributed by atoms with Gasteiger partial charge in [-0.15, -0.1) is 0 Å². The quantitative estimate of drug-likeness (QED) is 0.728. The van der Waals surface area contributed by atoms with Crippen molar-refractivity contribution in [2.45, 2.75) is 38.2 Å². The molecule has 4 heteroatoms. The molecular weight excluding hydrogens is 230 g/mol. The molecule has 2 aliphatic rings. The molecule has 2 aliphatic heterocycles. The highest BCUT2D eigenvalue weighted by molar-refractivity contribution is 4.71. The fourth-order valence-electron chi connectivity index (χ4n) is 2.90. The van der Waals surface area contributed by atoms with Crippen LogP contribution in [0.4, 0.5) is 0 Å². The molecule has 2 saturated heterocycles. The van der Waals surface area contributed by atoms with Crippen LogP contribution in [0.3, 0.4) is 0 Å². The number of rotatable bonds is 6. The Bertz CT molecular complexity index is 219. The van der Waals surface area contributed by atoms with Gasteiger partial charge in [-0.3, -0.25) is 4.90 Å². The minimum Gasteiger partial charge on any atom is -0.394 e. The molecule has 0 aromatic carbocycles. The van der Waals surface area contributed by atoms with E-state index in [2.05, 4.69) is 4.90 Å². The van der Waals surface area contributed by atoms with E-state index in [0.29, 0.717) is 0 Å². The molecule has 0 saturated carbocycles. The lowest BCUT2D eigenvalue weighted by Crippen LogP contribution is -2.44. The van der Waals surface area contributed by atoms with E-state index in [1.54, 1.807) is 0 Å². The predicted octanol–water partition coefficient (Wildman–Crippen LogP) is 1.28. The fraction of sp³-hybridized carbons (Fsp3) is 1.00. The highest BCUT2D eigenvalue weighted by atomic mass is 16.5. The number of aliphatic hydroxyl groups is 1. The first-order valence-electron chi connectivity index (χ1n) is 7.41. The van der Waals surface area contributed by atoms with Crippen molar-refractivity contribution in [2.24, 2.45) is 5.92 Å². The van der Waals surface area contributed by atoms with Gasteiger partial charge in [0.2, 0.25) is 0 Å². The summed E-state index contributed by atoms with van der Waals surface area (Å²) in [6.45, 7) is 5.92. The number of unbranched alkanes of at least 4 members (excludes halogenated alkanes) is 1. The lowest BCUT2D eigenvalue weighted by atomic mass is 9.94. The molecule has 1 N–H and O–H groups in total. The molecule has 2 fully saturated rings. The second-order valence-corrected chi connectivity index (χ2v) is 5.53. The zero-order valence-corrected chi connectivity index (χ0v) is 11.4. The van der Waals surface area contributed by atoms with Crippen LogP contribution in [0.15, 0.2) is 0 Å². The first-order chi connectivity index (χ1) is 8.88. The van der Waals surface area contributed by atoms with E-state index in [-0.39, 0.29) is 12.7 Å². The summed E-state index contributed by atoms with van der Waals surface area (Å²) in [7, 11) is 0. The molecule has 0 aromatic rings. The molecule has 0 aromatic heterocycles. The van der Waals surface area contributed by atoms with Crippen molar-refractivity contribution < 1.29 is 14.6 Å². The SMILES string of the molecule is OCC1CN(CCCCC2CCOCC2)CCO1. The van der Waals surface area contributed by atoms with E-state index < -0.39 is 0 Å². The molecule has 18 heavy (non-hydrogen) atoms. The molecule has 4 nitrogen and oxygen atoms in total. The van der Waals surface area contributed by atoms with E-state index in [4.69, 9.17) is 14.6 Å². The summed E-state index contributed by atoms with van der Waals surface area (Å²) in [6.07, 6.45) is 6.50. The molecule has 0 radical (unpaired) electrons. The second kappa shape index (κ2) is 8.10. The van der Waals surface area contributed by atoms with Crippen molar-refractivity contribution in [1.82, 2.24) is 4.90 Å². The average Bonchev–Trinajstić information content (AvgIpc) is 2.45. The largest absolute Gasteiger partial charge is 0.394 e. The highest BCUT2D eigenvalue weighted by Crippen LogP contribution is 2.21. The van der Waals surface area contributed by atoms with E-state index in [9.17, 15) is 0 Å². The van der Waals surface area contributed by atoms with Crippen molar-refractivity contribution in [3.63, 3.8) is 0 Å². The smallest absolute Gasteiger partial charge is 0.0932 e. The second-order valence-electron chi connectivity index (χ2n) is 5.53. The van der Waals surface area contributed by atoms with Gasteiger partial charge in [0.15, 0.2) is 0 Å². The van der Waals surface area contributed by atoms with Crippen molar-refractivity contribution in [1.29, 1.82) is 0 Å². The van der Waals surface area contributed by atoms with Crippen LogP contribution in [-0.4, -0.2) is 62.2 Å². The highest BCUT2D eigenvalue weighted by Gasteiger charge is 2.19. The van der Waals surface area contributed by atoms with Gasteiger partial charge < -0.3 is 14.6 Å². The normalized spacial score (nSPS) is 27.5. The standard InChI is InChI=1S/C14H27NO3/c16-12-14-11-15(7-10-18-14)6-2-1-3-13-4-8-17-9-5-13/h13-14,16H,1-12H2. The Morgan fingerprint density at radius 3 is 2.72 bits per heavy atom. The van der Waals surface area contributed by atoms with Gasteiger partial charge in [-0.05, 0) is 31.7 Å². The topological polar surface area (TPSA) is 41.9 Å². The summed E-state index contributed by atoms with van der Waals surface area (Å²) >= 11 is 0. The molecule has 2 heterocycles. The molecule has 0 aliphatic carbocycles. The Hall–Kier alpha value is -0.160. The first kappa shape index (κ1) is 14.3. The van der Waals surface area contributed by atoms with Gasteiger partial charge in [0.25, 0.3) is 0 Å². The maximum absolute atomic E-state index is 9.09. The zero-order valence-electron chi connectivity index (χ0n) is 11.4. The average molecular weight is 257 g/mol. The Kier molecular flexibility index (Phi) is 6.41. The number of ether oxygens (including phenoxy) is 2. The number of hydrogen-bond donors (Lipinski definition) is 1. The van der Waals surface area contributed by atoms with Crippen molar-refractivity contribution in [3.05, 3.63) is 0 Å². The van der Waals surface area contributed by atoms with Crippen LogP contribution in [0.2, 0.25) is 0 Å². The Morgan fingerprint density at radius 1 is 1.11 bits per heavy atom. The number of aliphatic hydroxyl groups excluding tert-OH is 1. The molecule has 0 spiro atoms. The Balaban J connectivity index is 1.52. The molecule has 1 atom stereocenters. The summed E-state index contributed by atoms with van der Waals surface area (Å²) in [5.74, 6) is 0.897. The van der Waals surface area contributed by atoms with E-state index in [1.165, 1.54) is 32.1 Å². The summed E-state index contributed by atoms with van der Waals surface area (Å²) in [5, 5.41) is 9.09. The zero-order chi connectivity index (χ0) is 12.6. The number of hydrogen-bond acceptors (Lipinski definition) is 4. The van der Waals surface area contributed by atoms with E-state index in [0.717, 1.165) is 45.4 Å². The van der Waals surface area contributed by atoms with Crippen LogP contribution in [0.1, 0.15) is 32.1 Å². The molecule has 106 valence electrons. The van der Waals surface area contributed by atoms with Crippen LogP contribution < -0.4 is 0 Å². The summed E-state index contributed by atoms with van der Waals surface area (Å²) < 4.78 is 10.8. The maximum Gasteiger partial charge on any atom is 0.0932 e.